The molecule has 3 amide bonds. The average molecular weight is 591 g/mol. The van der Waals surface area contributed by atoms with Gasteiger partial charge in [0.2, 0.25) is 5.91 Å². The molecule has 39 heavy (non-hydrogen) atoms. The molecule has 1 aliphatic carbocycles. The Morgan fingerprint density at radius 2 is 1.87 bits per heavy atom. The SMILES string of the molecule is CC(C)(C(=O)Nc1nccs1)S(=O)(=O)C1(CN2CCn3c(cnc3C(=O)NCc3ccc(Cl)cc3)C2=O)CC1. The molecule has 0 saturated heterocycles. The molecule has 0 atom stereocenters. The number of rotatable bonds is 9. The summed E-state index contributed by atoms with van der Waals surface area (Å²) in [6, 6.07) is 7.07. The van der Waals surface area contributed by atoms with Gasteiger partial charge in [0, 0.05) is 42.8 Å². The third-order valence-corrected chi connectivity index (χ3v) is 11.4. The number of nitrogens with zero attached hydrogens (tertiary/aromatic N) is 4. The summed E-state index contributed by atoms with van der Waals surface area (Å²) in [4.78, 5) is 48.7. The van der Waals surface area contributed by atoms with Crippen molar-refractivity contribution in [2.45, 2.75) is 49.3 Å². The molecule has 14 heteroatoms. The molecule has 5 rings (SSSR count). The average Bonchev–Trinajstić information content (AvgIpc) is 3.30. The fourth-order valence-electron chi connectivity index (χ4n) is 4.65. The molecule has 0 bridgehead atoms. The molecule has 2 aliphatic rings. The van der Waals surface area contributed by atoms with E-state index in [1.54, 1.807) is 34.2 Å². The summed E-state index contributed by atoms with van der Waals surface area (Å²) in [5.74, 6) is -1.38. The first-order valence-electron chi connectivity index (χ1n) is 12.3. The Balaban J connectivity index is 1.27. The standard InChI is InChI=1S/C25H27ClN6O5S2/c1-24(2,22(35)30-23-27-9-12-38-23)39(36,37)25(7-8-25)15-31-10-11-32-18(21(31)34)14-28-19(32)20(33)29-13-16-3-5-17(26)6-4-16/h3-6,9,12,14H,7-8,10-11,13,15H2,1-2H3,(H,29,33)(H,27,30,35). The lowest BCUT2D eigenvalue weighted by Crippen LogP contribution is -2.54. The van der Waals surface area contributed by atoms with Crippen molar-refractivity contribution < 1.29 is 22.8 Å². The lowest BCUT2D eigenvalue weighted by Gasteiger charge is -2.34. The molecule has 11 nitrogen and oxygen atoms in total. The van der Waals surface area contributed by atoms with Crippen LogP contribution in [0.15, 0.2) is 42.0 Å². The molecule has 1 aliphatic heterocycles. The number of carbonyl (C=O) groups is 3. The van der Waals surface area contributed by atoms with E-state index in [1.165, 1.54) is 42.5 Å². The van der Waals surface area contributed by atoms with E-state index in [2.05, 4.69) is 20.6 Å². The van der Waals surface area contributed by atoms with Gasteiger partial charge in [-0.3, -0.25) is 14.4 Å². The van der Waals surface area contributed by atoms with Crippen molar-refractivity contribution >= 4 is 55.6 Å². The summed E-state index contributed by atoms with van der Waals surface area (Å²) in [6.45, 7) is 3.49. The Bertz CT molecular complexity index is 1530. The zero-order valence-electron chi connectivity index (χ0n) is 21.3. The number of anilines is 1. The van der Waals surface area contributed by atoms with Crippen LogP contribution in [0, 0.1) is 0 Å². The summed E-state index contributed by atoms with van der Waals surface area (Å²) >= 11 is 7.10. The number of aromatic nitrogens is 3. The topological polar surface area (TPSA) is 143 Å². The first-order chi connectivity index (χ1) is 18.4. The fourth-order valence-corrected chi connectivity index (χ4v) is 7.64. The molecule has 2 N–H and O–H groups in total. The third-order valence-electron chi connectivity index (χ3n) is 7.25. The Hall–Kier alpha value is -3.29. The minimum absolute atomic E-state index is 0.0363. The van der Waals surface area contributed by atoms with E-state index in [0.717, 1.165) is 5.56 Å². The molecular formula is C25H27ClN6O5S2. The van der Waals surface area contributed by atoms with Crippen LogP contribution in [0.5, 0.6) is 0 Å². The van der Waals surface area contributed by atoms with Crippen LogP contribution in [0.3, 0.4) is 0 Å². The van der Waals surface area contributed by atoms with Crippen LogP contribution in [0.4, 0.5) is 5.13 Å². The molecular weight excluding hydrogens is 564 g/mol. The van der Waals surface area contributed by atoms with Crippen LogP contribution in [0.1, 0.15) is 53.4 Å². The zero-order valence-corrected chi connectivity index (χ0v) is 23.7. The maximum atomic E-state index is 13.7. The summed E-state index contributed by atoms with van der Waals surface area (Å²) in [6.07, 6.45) is 3.56. The van der Waals surface area contributed by atoms with Crippen molar-refractivity contribution in [3.63, 3.8) is 0 Å². The summed E-state index contributed by atoms with van der Waals surface area (Å²) < 4.78 is 26.1. The number of hydrogen-bond acceptors (Lipinski definition) is 8. The van der Waals surface area contributed by atoms with Gasteiger partial charge in [0.25, 0.3) is 11.8 Å². The van der Waals surface area contributed by atoms with Crippen molar-refractivity contribution in [2.24, 2.45) is 0 Å². The van der Waals surface area contributed by atoms with Gasteiger partial charge in [0.05, 0.1) is 10.9 Å². The van der Waals surface area contributed by atoms with Crippen LogP contribution in [0.2, 0.25) is 5.02 Å². The maximum Gasteiger partial charge on any atom is 0.287 e. The summed E-state index contributed by atoms with van der Waals surface area (Å²) in [5, 5.41) is 7.98. The Labute approximate surface area is 234 Å². The second kappa shape index (κ2) is 10.0. The second-order valence-electron chi connectivity index (χ2n) is 10.1. The van der Waals surface area contributed by atoms with Crippen molar-refractivity contribution in [2.75, 3.05) is 18.4 Å². The molecule has 3 heterocycles. The lowest BCUT2D eigenvalue weighted by atomic mass is 10.2. The number of nitrogens with one attached hydrogen (secondary N) is 2. The van der Waals surface area contributed by atoms with Gasteiger partial charge in [-0.25, -0.2) is 18.4 Å². The fraction of sp³-hybridized carbons (Fsp3) is 0.400. The maximum absolute atomic E-state index is 13.7. The molecule has 1 aromatic carbocycles. The smallest absolute Gasteiger partial charge is 0.287 e. The van der Waals surface area contributed by atoms with E-state index in [0.29, 0.717) is 23.0 Å². The number of fused-ring (bicyclic) bond motifs is 1. The van der Waals surface area contributed by atoms with Gasteiger partial charge in [-0.15, -0.1) is 11.3 Å². The molecule has 1 fully saturated rings. The van der Waals surface area contributed by atoms with Gasteiger partial charge in [-0.05, 0) is 44.4 Å². The summed E-state index contributed by atoms with van der Waals surface area (Å²) in [7, 11) is -4.00. The van der Waals surface area contributed by atoms with E-state index in [9.17, 15) is 22.8 Å². The number of sulfone groups is 1. The van der Waals surface area contributed by atoms with Crippen LogP contribution < -0.4 is 10.6 Å². The van der Waals surface area contributed by atoms with E-state index < -0.39 is 37.1 Å². The van der Waals surface area contributed by atoms with Crippen LogP contribution in [-0.2, 0) is 27.7 Å². The largest absolute Gasteiger partial charge is 0.345 e. The molecule has 0 unspecified atom stereocenters. The number of imidazole rings is 1. The molecule has 0 radical (unpaired) electrons. The van der Waals surface area contributed by atoms with Crippen LogP contribution >= 0.6 is 22.9 Å². The van der Waals surface area contributed by atoms with E-state index in [-0.39, 0.29) is 37.7 Å². The first kappa shape index (κ1) is 27.3. The highest BCUT2D eigenvalue weighted by Crippen LogP contribution is 2.49. The van der Waals surface area contributed by atoms with Crippen molar-refractivity contribution in [1.82, 2.24) is 24.8 Å². The van der Waals surface area contributed by atoms with Gasteiger partial charge in [0.1, 0.15) is 10.4 Å². The molecule has 2 aromatic heterocycles. The predicted octanol–water partition coefficient (Wildman–Crippen LogP) is 2.74. The van der Waals surface area contributed by atoms with E-state index in [1.807, 2.05) is 0 Å². The number of benzene rings is 1. The van der Waals surface area contributed by atoms with E-state index >= 15 is 0 Å². The molecule has 206 valence electrons. The highest BCUT2D eigenvalue weighted by atomic mass is 35.5. The van der Waals surface area contributed by atoms with E-state index in [4.69, 9.17) is 11.6 Å². The molecule has 0 spiro atoms. The number of halogens is 1. The first-order valence-corrected chi connectivity index (χ1v) is 15.0. The number of amides is 3. The predicted molar refractivity (Wildman–Crippen MR) is 146 cm³/mol. The van der Waals surface area contributed by atoms with Crippen molar-refractivity contribution in [1.29, 1.82) is 0 Å². The zero-order chi connectivity index (χ0) is 28.0. The highest BCUT2D eigenvalue weighted by molar-refractivity contribution is 7.95. The van der Waals surface area contributed by atoms with Crippen molar-refractivity contribution in [3.8, 4) is 0 Å². The number of carbonyl (C=O) groups excluding carboxylic acids is 3. The Morgan fingerprint density at radius 1 is 1.15 bits per heavy atom. The van der Waals surface area contributed by atoms with Gasteiger partial charge in [-0.1, -0.05) is 23.7 Å². The minimum Gasteiger partial charge on any atom is -0.345 e. The van der Waals surface area contributed by atoms with Crippen LogP contribution in [0.25, 0.3) is 0 Å². The second-order valence-corrected chi connectivity index (χ2v) is 14.4. The molecule has 1 saturated carbocycles. The van der Waals surface area contributed by atoms with Gasteiger partial charge < -0.3 is 20.1 Å². The quantitative estimate of drug-likeness (QED) is 0.390. The number of thiazole rings is 1. The van der Waals surface area contributed by atoms with Crippen molar-refractivity contribution in [3.05, 3.63) is 64.1 Å². The summed E-state index contributed by atoms with van der Waals surface area (Å²) in [5.41, 5.74) is 1.08. The van der Waals surface area contributed by atoms with Gasteiger partial charge >= 0.3 is 0 Å². The monoisotopic (exact) mass is 590 g/mol. The van der Waals surface area contributed by atoms with Gasteiger partial charge in [-0.2, -0.15) is 0 Å². The number of hydrogen-bond donors (Lipinski definition) is 2. The minimum atomic E-state index is -4.00. The third kappa shape index (κ3) is 4.94. The highest BCUT2D eigenvalue weighted by Gasteiger charge is 2.63. The Morgan fingerprint density at radius 3 is 2.51 bits per heavy atom. The normalized spacial score (nSPS) is 16.5. The van der Waals surface area contributed by atoms with Crippen LogP contribution in [-0.4, -0.2) is 68.2 Å². The molecule has 3 aromatic rings. The van der Waals surface area contributed by atoms with Gasteiger partial charge in [0.15, 0.2) is 20.8 Å². The Kier molecular flexibility index (Phi) is 7.02. The lowest BCUT2D eigenvalue weighted by molar-refractivity contribution is -0.117.